The molecule has 0 aliphatic carbocycles. The normalized spacial score (nSPS) is 8.62. The molecular weight excluding hydrogens is 187 g/mol. The maximum Gasteiger partial charge on any atom is 0.123 e. The van der Waals surface area contributed by atoms with Crippen LogP contribution in [0.25, 0.3) is 10.8 Å². The molecule has 0 atom stereocenters. The summed E-state index contributed by atoms with van der Waals surface area (Å²) < 4.78 is 0. The fourth-order valence-corrected chi connectivity index (χ4v) is 1.21. The van der Waals surface area contributed by atoms with Crippen LogP contribution in [-0.2, 0) is 0 Å². The Balaban J connectivity index is 0.000000720. The van der Waals surface area contributed by atoms with Crippen molar-refractivity contribution < 1.29 is 5.11 Å². The number of aromatic hydroxyl groups is 1. The number of fused-ring (bicyclic) bond motifs is 1. The first-order valence-corrected chi connectivity index (χ1v) is 3.54. The number of benzene rings is 2. The van der Waals surface area contributed by atoms with Crippen molar-refractivity contribution in [1.29, 1.82) is 0 Å². The zero-order valence-corrected chi connectivity index (χ0v) is 10.5. The van der Waals surface area contributed by atoms with E-state index in [1.165, 1.54) is 0 Å². The van der Waals surface area contributed by atoms with Crippen LogP contribution < -0.4 is 0 Å². The van der Waals surface area contributed by atoms with Gasteiger partial charge in [-0.3, -0.25) is 0 Å². The largest absolute Gasteiger partial charge is 0.507 e. The van der Waals surface area contributed by atoms with Crippen LogP contribution in [-0.4, -0.2) is 45.6 Å². The average Bonchev–Trinajstić information content (AvgIpc) is 2.06. The Morgan fingerprint density at radius 1 is 0.846 bits per heavy atom. The molecule has 2 aromatic carbocycles. The van der Waals surface area contributed by atoms with E-state index in [1.807, 2.05) is 36.4 Å². The molecule has 0 saturated heterocycles. The fourth-order valence-electron chi connectivity index (χ4n) is 1.21. The summed E-state index contributed by atoms with van der Waals surface area (Å²) in [6.45, 7) is 0. The van der Waals surface area contributed by atoms with Gasteiger partial charge in [0.05, 0.1) is 0 Å². The van der Waals surface area contributed by atoms with E-state index in [2.05, 4.69) is 0 Å². The predicted octanol–water partition coefficient (Wildman–Crippen LogP) is 1.78. The first-order chi connectivity index (χ1) is 5.38. The molecule has 13 heavy (non-hydrogen) atoms. The quantitative estimate of drug-likeness (QED) is 0.635. The van der Waals surface area contributed by atoms with Crippen molar-refractivity contribution in [2.45, 2.75) is 0 Å². The number of phenols is 1. The van der Waals surface area contributed by atoms with E-state index in [1.54, 1.807) is 6.07 Å². The molecule has 0 aliphatic heterocycles. The monoisotopic (exact) mass is 195 g/mol. The standard InChI is InChI=1S/C10H8O.Na.Si/c11-10-7-3-5-8-4-1-2-6-9(8)10;;/h1-7,11H;;. The van der Waals surface area contributed by atoms with Crippen LogP contribution in [0.5, 0.6) is 5.75 Å². The molecule has 3 heteroatoms. The Morgan fingerprint density at radius 3 is 2.15 bits per heavy atom. The number of hydrogen-bond acceptors (Lipinski definition) is 1. The van der Waals surface area contributed by atoms with E-state index < -0.39 is 0 Å². The molecule has 5 radical (unpaired) electrons. The van der Waals surface area contributed by atoms with Gasteiger partial charge in [0.1, 0.15) is 5.75 Å². The van der Waals surface area contributed by atoms with Crippen LogP contribution in [0.15, 0.2) is 42.5 Å². The summed E-state index contributed by atoms with van der Waals surface area (Å²) >= 11 is 0. The van der Waals surface area contributed by atoms with Crippen molar-refractivity contribution in [3.63, 3.8) is 0 Å². The first kappa shape index (κ1) is 12.7. The van der Waals surface area contributed by atoms with Gasteiger partial charge in [0.25, 0.3) is 0 Å². The number of rotatable bonds is 0. The summed E-state index contributed by atoms with van der Waals surface area (Å²) in [7, 11) is 0. The van der Waals surface area contributed by atoms with Crippen molar-refractivity contribution in [2.24, 2.45) is 0 Å². The van der Waals surface area contributed by atoms with Gasteiger partial charge in [-0.15, -0.1) is 0 Å². The predicted molar refractivity (Wildman–Crippen MR) is 57.1 cm³/mol. The smallest absolute Gasteiger partial charge is 0.123 e. The van der Waals surface area contributed by atoms with Crippen molar-refractivity contribution in [2.75, 3.05) is 0 Å². The molecule has 0 saturated carbocycles. The zero-order valence-electron chi connectivity index (χ0n) is 7.49. The summed E-state index contributed by atoms with van der Waals surface area (Å²) in [6, 6.07) is 13.3. The fraction of sp³-hybridized carbons (Fsp3) is 0. The third-order valence-electron chi connectivity index (χ3n) is 1.77. The van der Waals surface area contributed by atoms with E-state index in [4.69, 9.17) is 0 Å². The summed E-state index contributed by atoms with van der Waals surface area (Å²) in [4.78, 5) is 0. The second-order valence-electron chi connectivity index (χ2n) is 2.50. The van der Waals surface area contributed by atoms with Crippen LogP contribution in [0.3, 0.4) is 0 Å². The minimum absolute atomic E-state index is 0. The molecule has 0 bridgehead atoms. The molecule has 0 aliphatic rings. The summed E-state index contributed by atoms with van der Waals surface area (Å²) in [5, 5.41) is 11.4. The van der Waals surface area contributed by atoms with E-state index in [9.17, 15) is 5.11 Å². The molecule has 0 spiro atoms. The summed E-state index contributed by atoms with van der Waals surface area (Å²) in [6.07, 6.45) is 0. The minimum atomic E-state index is 0. The van der Waals surface area contributed by atoms with Crippen LogP contribution >= 0.6 is 0 Å². The molecule has 0 unspecified atom stereocenters. The van der Waals surface area contributed by atoms with Gasteiger partial charge in [-0.05, 0) is 11.5 Å². The molecule has 0 heterocycles. The SMILES string of the molecule is Oc1cccc2ccccc12.[Na].[Si]. The van der Waals surface area contributed by atoms with Crippen molar-refractivity contribution in [1.82, 2.24) is 0 Å². The first-order valence-electron chi connectivity index (χ1n) is 3.54. The Labute approximate surface area is 104 Å². The average molecular weight is 195 g/mol. The van der Waals surface area contributed by atoms with Gasteiger partial charge in [-0.2, -0.15) is 0 Å². The topological polar surface area (TPSA) is 20.2 Å². The minimum Gasteiger partial charge on any atom is -0.507 e. The van der Waals surface area contributed by atoms with Crippen molar-refractivity contribution >= 4 is 51.3 Å². The van der Waals surface area contributed by atoms with Gasteiger partial charge < -0.3 is 5.11 Å². The maximum atomic E-state index is 9.37. The van der Waals surface area contributed by atoms with Crippen molar-refractivity contribution in [3.05, 3.63) is 42.5 Å². The second-order valence-corrected chi connectivity index (χ2v) is 2.50. The van der Waals surface area contributed by atoms with Crippen LogP contribution in [0.1, 0.15) is 0 Å². The Hall–Kier alpha value is -0.283. The third kappa shape index (κ3) is 2.58. The summed E-state index contributed by atoms with van der Waals surface area (Å²) in [5.74, 6) is 0.350. The van der Waals surface area contributed by atoms with E-state index in [-0.39, 0.29) is 40.5 Å². The molecule has 1 N–H and O–H groups in total. The molecule has 59 valence electrons. The Bertz CT molecular complexity index is 384. The van der Waals surface area contributed by atoms with Crippen LogP contribution in [0.2, 0.25) is 0 Å². The van der Waals surface area contributed by atoms with Gasteiger partial charge in [0.2, 0.25) is 0 Å². The summed E-state index contributed by atoms with van der Waals surface area (Å²) in [5.41, 5.74) is 0. The molecule has 0 aromatic heterocycles. The molecule has 0 amide bonds. The molecule has 0 fully saturated rings. The van der Waals surface area contributed by atoms with Crippen LogP contribution in [0, 0.1) is 0 Å². The van der Waals surface area contributed by atoms with E-state index in [0.717, 1.165) is 10.8 Å². The second kappa shape index (κ2) is 5.45. The number of phenolic OH excluding ortho intramolecular Hbond substituents is 1. The Morgan fingerprint density at radius 2 is 1.46 bits per heavy atom. The van der Waals surface area contributed by atoms with Crippen LogP contribution in [0.4, 0.5) is 0 Å². The molecular formula is C10H8NaOSi. The Kier molecular flexibility index (Phi) is 5.33. The number of hydrogen-bond donors (Lipinski definition) is 1. The van der Waals surface area contributed by atoms with Gasteiger partial charge in [-0.25, -0.2) is 0 Å². The zero-order chi connectivity index (χ0) is 7.68. The molecule has 2 rings (SSSR count). The van der Waals surface area contributed by atoms with Gasteiger partial charge in [0, 0.05) is 45.9 Å². The molecule has 1 nitrogen and oxygen atoms in total. The maximum absolute atomic E-state index is 9.37. The van der Waals surface area contributed by atoms with Gasteiger partial charge in [-0.1, -0.05) is 36.4 Å². The van der Waals surface area contributed by atoms with E-state index >= 15 is 0 Å². The van der Waals surface area contributed by atoms with E-state index in [0.29, 0.717) is 5.75 Å². The van der Waals surface area contributed by atoms with Gasteiger partial charge >= 0.3 is 0 Å². The molecule has 2 aromatic rings. The van der Waals surface area contributed by atoms with Gasteiger partial charge in [0.15, 0.2) is 0 Å². The van der Waals surface area contributed by atoms with Crippen molar-refractivity contribution in [3.8, 4) is 5.75 Å². The third-order valence-corrected chi connectivity index (χ3v) is 1.77.